The van der Waals surface area contributed by atoms with Gasteiger partial charge in [0.25, 0.3) is 0 Å². The molecule has 0 radical (unpaired) electrons. The topological polar surface area (TPSA) is 160 Å². The van der Waals surface area contributed by atoms with Gasteiger partial charge in [0.1, 0.15) is 41.3 Å². The number of halogens is 2. The molecule has 4 aliphatic heterocycles. The number of nitrogens with one attached hydrogen (secondary N) is 1. The van der Waals surface area contributed by atoms with Crippen molar-refractivity contribution in [2.75, 3.05) is 37.7 Å². The number of amides is 2. The summed E-state index contributed by atoms with van der Waals surface area (Å²) in [5.74, 6) is -1.90. The molecular formula is C31H30ClFN6O7. The van der Waals surface area contributed by atoms with Gasteiger partial charge in [0.05, 0.1) is 30.1 Å². The van der Waals surface area contributed by atoms with E-state index in [4.69, 9.17) is 25.5 Å². The predicted octanol–water partition coefficient (Wildman–Crippen LogP) is 3.85. The van der Waals surface area contributed by atoms with E-state index in [1.165, 1.54) is 17.2 Å². The quantitative estimate of drug-likeness (QED) is 0.307. The van der Waals surface area contributed by atoms with Crippen molar-refractivity contribution in [2.45, 2.75) is 44.0 Å². The van der Waals surface area contributed by atoms with Gasteiger partial charge in [-0.3, -0.25) is 4.79 Å². The van der Waals surface area contributed by atoms with Crippen LogP contribution < -0.4 is 15.0 Å². The molecule has 3 aromatic heterocycles. The molecule has 4 aromatic rings. The molecule has 15 heteroatoms. The summed E-state index contributed by atoms with van der Waals surface area (Å²) < 4.78 is 34.7. The zero-order valence-corrected chi connectivity index (χ0v) is 25.5. The Bertz CT molecular complexity index is 1870. The summed E-state index contributed by atoms with van der Waals surface area (Å²) in [4.78, 5) is 54.9. The normalized spacial score (nSPS) is 25.6. The van der Waals surface area contributed by atoms with Gasteiger partial charge in [0.2, 0.25) is 11.8 Å². The third-order valence-electron chi connectivity index (χ3n) is 8.86. The summed E-state index contributed by atoms with van der Waals surface area (Å²) in [6.07, 6.45) is -0.276. The highest BCUT2D eigenvalue weighted by atomic mass is 35.5. The van der Waals surface area contributed by atoms with Crippen molar-refractivity contribution in [3.8, 4) is 5.88 Å². The van der Waals surface area contributed by atoms with Crippen LogP contribution in [0.4, 0.5) is 15.0 Å². The Balaban J connectivity index is 1.33. The molecule has 8 rings (SSSR count). The van der Waals surface area contributed by atoms with Crippen molar-refractivity contribution in [3.63, 3.8) is 0 Å². The molecule has 2 N–H and O–H groups in total. The predicted molar refractivity (Wildman–Crippen MR) is 163 cm³/mol. The maximum atomic E-state index is 16.9. The molecule has 0 aliphatic carbocycles. The SMILES string of the molecule is C[C@H]1CN2CC[C@]1(F)c1cc(Cl)cnc1O[C@H]1C[C@@H](C(=O)O)N(C1)c1nc(nc3c1oc1ccccc13)CC(=O)NCCOC2=O. The first-order chi connectivity index (χ1) is 22.1. The minimum absolute atomic E-state index is 0.00546. The van der Waals surface area contributed by atoms with Crippen LogP contribution in [0, 0.1) is 5.92 Å². The monoisotopic (exact) mass is 652 g/mol. The van der Waals surface area contributed by atoms with Crippen molar-refractivity contribution >= 4 is 57.5 Å². The molecule has 1 aromatic carbocycles. The number of carboxylic acids is 1. The van der Waals surface area contributed by atoms with E-state index >= 15 is 4.39 Å². The molecule has 2 saturated heterocycles. The number of carboxylic acid groups (broad SMARTS) is 1. The second-order valence-corrected chi connectivity index (χ2v) is 12.3. The highest BCUT2D eigenvalue weighted by Gasteiger charge is 2.47. The molecule has 46 heavy (non-hydrogen) atoms. The fourth-order valence-electron chi connectivity index (χ4n) is 6.53. The summed E-state index contributed by atoms with van der Waals surface area (Å²) >= 11 is 6.29. The highest BCUT2D eigenvalue weighted by Crippen LogP contribution is 2.46. The molecule has 2 amide bonds. The van der Waals surface area contributed by atoms with Crippen LogP contribution in [0.5, 0.6) is 5.88 Å². The Morgan fingerprint density at radius 1 is 1.22 bits per heavy atom. The number of rotatable bonds is 1. The first kappa shape index (κ1) is 30.0. The molecule has 0 unspecified atom stereocenters. The van der Waals surface area contributed by atoms with Gasteiger partial charge in [-0.2, -0.15) is 0 Å². The van der Waals surface area contributed by atoms with Gasteiger partial charge in [-0.1, -0.05) is 30.7 Å². The van der Waals surface area contributed by atoms with Crippen LogP contribution in [-0.4, -0.2) is 87.9 Å². The molecule has 2 fully saturated rings. The van der Waals surface area contributed by atoms with Gasteiger partial charge >= 0.3 is 12.1 Å². The lowest BCUT2D eigenvalue weighted by Crippen LogP contribution is -2.49. The number of ether oxygens (including phenoxy) is 2. The first-order valence-corrected chi connectivity index (χ1v) is 15.4. The number of hydrogen-bond donors (Lipinski definition) is 2. The second-order valence-electron chi connectivity index (χ2n) is 11.8. The molecule has 6 bridgehead atoms. The summed E-state index contributed by atoms with van der Waals surface area (Å²) in [7, 11) is 0. The van der Waals surface area contributed by atoms with Gasteiger partial charge in [0.15, 0.2) is 11.4 Å². The third kappa shape index (κ3) is 5.29. The summed E-state index contributed by atoms with van der Waals surface area (Å²) in [5, 5.41) is 13.9. The van der Waals surface area contributed by atoms with Gasteiger partial charge in [-0.05, 0) is 18.2 Å². The van der Waals surface area contributed by atoms with Gasteiger partial charge in [-0.15, -0.1) is 0 Å². The lowest BCUT2D eigenvalue weighted by molar-refractivity contribution is -0.138. The molecule has 0 saturated carbocycles. The lowest BCUT2D eigenvalue weighted by atomic mass is 9.79. The lowest BCUT2D eigenvalue weighted by Gasteiger charge is -2.41. The maximum Gasteiger partial charge on any atom is 0.409 e. The molecule has 13 nitrogen and oxygen atoms in total. The fraction of sp³-hybridized carbons (Fsp3) is 0.419. The van der Waals surface area contributed by atoms with Crippen LogP contribution in [0.25, 0.3) is 22.1 Å². The van der Waals surface area contributed by atoms with Crippen molar-refractivity contribution in [1.82, 2.24) is 25.2 Å². The highest BCUT2D eigenvalue weighted by molar-refractivity contribution is 6.30. The van der Waals surface area contributed by atoms with E-state index < -0.39 is 41.7 Å². The van der Waals surface area contributed by atoms with E-state index in [0.717, 1.165) is 0 Å². The Labute approximate surface area is 266 Å². The van der Waals surface area contributed by atoms with Gasteiger partial charge in [-0.25, -0.2) is 28.9 Å². The number of para-hydroxylation sites is 1. The maximum absolute atomic E-state index is 16.9. The number of carbonyl (C=O) groups excluding carboxylic acids is 2. The Kier molecular flexibility index (Phi) is 7.54. The number of piperidine rings is 1. The summed E-state index contributed by atoms with van der Waals surface area (Å²) in [6, 6.07) is 7.58. The number of hydrogen-bond acceptors (Lipinski definition) is 10. The van der Waals surface area contributed by atoms with E-state index in [-0.39, 0.29) is 85.7 Å². The number of furan rings is 1. The zero-order valence-electron chi connectivity index (χ0n) is 24.7. The molecular weight excluding hydrogens is 623 g/mol. The van der Waals surface area contributed by atoms with Crippen LogP contribution in [0.15, 0.2) is 40.9 Å². The van der Waals surface area contributed by atoms with E-state index in [1.807, 2.05) is 12.1 Å². The van der Waals surface area contributed by atoms with Crippen molar-refractivity contribution in [3.05, 3.63) is 52.9 Å². The van der Waals surface area contributed by atoms with Crippen molar-refractivity contribution < 1.29 is 37.8 Å². The van der Waals surface area contributed by atoms with E-state index in [9.17, 15) is 19.5 Å². The second kappa shape index (κ2) is 11.6. The van der Waals surface area contributed by atoms with Crippen molar-refractivity contribution in [2.24, 2.45) is 5.92 Å². The molecule has 4 aliphatic rings. The number of nitrogens with zero attached hydrogens (tertiary/aromatic N) is 5. The number of aliphatic carboxylic acids is 1. The van der Waals surface area contributed by atoms with Crippen LogP contribution >= 0.6 is 11.6 Å². The third-order valence-corrected chi connectivity index (χ3v) is 9.07. The van der Waals surface area contributed by atoms with E-state index in [1.54, 1.807) is 24.0 Å². The molecule has 7 heterocycles. The number of benzene rings is 1. The smallest absolute Gasteiger partial charge is 0.409 e. The molecule has 240 valence electrons. The summed E-state index contributed by atoms with van der Waals surface area (Å²) in [5.41, 5.74) is -0.616. The number of alkyl halides is 1. The molecule has 0 spiro atoms. The van der Waals surface area contributed by atoms with E-state index in [2.05, 4.69) is 20.3 Å². The van der Waals surface area contributed by atoms with Crippen molar-refractivity contribution in [1.29, 1.82) is 0 Å². The molecule has 4 atom stereocenters. The van der Waals surface area contributed by atoms with Crippen LogP contribution in [0.2, 0.25) is 5.02 Å². The van der Waals surface area contributed by atoms with Crippen LogP contribution in [0.3, 0.4) is 0 Å². The van der Waals surface area contributed by atoms with Crippen LogP contribution in [-0.2, 0) is 26.4 Å². The Morgan fingerprint density at radius 2 is 2.04 bits per heavy atom. The number of anilines is 1. The van der Waals surface area contributed by atoms with Crippen LogP contribution in [0.1, 0.15) is 31.2 Å². The average Bonchev–Trinajstić information content (AvgIpc) is 3.62. The minimum atomic E-state index is -1.95. The Morgan fingerprint density at radius 3 is 2.85 bits per heavy atom. The average molecular weight is 653 g/mol. The van der Waals surface area contributed by atoms with Gasteiger partial charge < -0.3 is 34.1 Å². The number of pyridine rings is 1. The zero-order chi connectivity index (χ0) is 32.2. The number of carbonyl (C=O) groups is 3. The fourth-order valence-corrected chi connectivity index (χ4v) is 6.68. The number of aromatic nitrogens is 3. The Hall–Kier alpha value is -4.72. The minimum Gasteiger partial charge on any atom is -0.480 e. The number of fused-ring (bicyclic) bond motifs is 11. The summed E-state index contributed by atoms with van der Waals surface area (Å²) in [6.45, 7) is 1.79. The van der Waals surface area contributed by atoms with E-state index in [0.29, 0.717) is 16.5 Å². The first-order valence-electron chi connectivity index (χ1n) is 15.0. The largest absolute Gasteiger partial charge is 0.480 e. The van der Waals surface area contributed by atoms with Gasteiger partial charge in [0, 0.05) is 43.4 Å². The standard InChI is InChI=1S/C31H30ClFN6O7/c1-16-14-38-8-6-31(16,33)20-10-17(32)13-35-28(20)45-18-11-21(29(41)42)39(15-18)27-26-25(19-4-2-3-5-22(19)46-26)36-23(37-27)12-24(40)34-7-9-44-30(38)43/h2-5,10,13,16,18,21H,6-9,11-12,14-15H2,1H3,(H,34,40)(H,41,42)/t16-,18-,21-,31+/m0/s1.